The molecule has 0 fully saturated rings. The van der Waals surface area contributed by atoms with Crippen molar-refractivity contribution in [2.45, 2.75) is 59.0 Å². The molecule has 0 saturated heterocycles. The second-order valence-corrected chi connectivity index (χ2v) is 10.6. The summed E-state index contributed by atoms with van der Waals surface area (Å²) >= 11 is 0. The highest BCUT2D eigenvalue weighted by atomic mass is 16.3. The molecule has 5 nitrogen and oxygen atoms in total. The lowest BCUT2D eigenvalue weighted by atomic mass is 9.68. The maximum atomic E-state index is 13.8. The SMILES string of the molecule is CC(=O)C[C@@]1(O)C(=O)c2cc3c(cc2-c2c(O)cc(C)cc21)C[C@@H](C(C)C)c1cc(C)cc(O)c1-3. The molecular weight excluding hydrogens is 440 g/mol. The summed E-state index contributed by atoms with van der Waals surface area (Å²) in [6.45, 7) is 9.38. The van der Waals surface area contributed by atoms with Crippen molar-refractivity contribution in [3.63, 3.8) is 0 Å². The predicted molar refractivity (Wildman–Crippen MR) is 135 cm³/mol. The summed E-state index contributed by atoms with van der Waals surface area (Å²) in [4.78, 5) is 25.9. The molecule has 3 aromatic carbocycles. The normalized spacial score (nSPS) is 20.2. The van der Waals surface area contributed by atoms with Crippen molar-refractivity contribution in [2.75, 3.05) is 0 Å². The molecular formula is C30H30O5. The predicted octanol–water partition coefficient (Wildman–Crippen LogP) is 5.71. The van der Waals surface area contributed by atoms with Gasteiger partial charge in [-0.25, -0.2) is 0 Å². The third-order valence-corrected chi connectivity index (χ3v) is 7.55. The Bertz CT molecular complexity index is 1430. The molecule has 2 aliphatic carbocycles. The quantitative estimate of drug-likeness (QED) is 0.456. The van der Waals surface area contributed by atoms with Crippen molar-refractivity contribution >= 4 is 11.6 Å². The number of fused-ring (bicyclic) bond motifs is 6. The van der Waals surface area contributed by atoms with Crippen LogP contribution in [-0.2, 0) is 16.8 Å². The molecule has 0 saturated carbocycles. The molecule has 3 aromatic rings. The van der Waals surface area contributed by atoms with E-state index in [0.29, 0.717) is 28.2 Å². The van der Waals surface area contributed by atoms with Gasteiger partial charge in [-0.15, -0.1) is 0 Å². The molecule has 0 radical (unpaired) electrons. The van der Waals surface area contributed by atoms with Crippen molar-refractivity contribution in [1.82, 2.24) is 0 Å². The minimum atomic E-state index is -2.07. The number of aromatic hydroxyl groups is 2. The number of hydrogen-bond donors (Lipinski definition) is 3. The minimum Gasteiger partial charge on any atom is -0.507 e. The summed E-state index contributed by atoms with van der Waals surface area (Å²) in [7, 11) is 0. The molecule has 3 N–H and O–H groups in total. The lowest BCUT2D eigenvalue weighted by Crippen LogP contribution is -2.41. The largest absolute Gasteiger partial charge is 0.507 e. The van der Waals surface area contributed by atoms with Crippen LogP contribution in [0.1, 0.15) is 71.3 Å². The highest BCUT2D eigenvalue weighted by molar-refractivity contribution is 6.15. The first kappa shape index (κ1) is 23.3. The highest BCUT2D eigenvalue weighted by Crippen LogP contribution is 2.53. The fourth-order valence-corrected chi connectivity index (χ4v) is 6.02. The van der Waals surface area contributed by atoms with E-state index in [1.165, 1.54) is 6.92 Å². The Kier molecular flexibility index (Phi) is 5.19. The monoisotopic (exact) mass is 470 g/mol. The minimum absolute atomic E-state index is 0.0363. The van der Waals surface area contributed by atoms with Crippen LogP contribution < -0.4 is 0 Å². The fourth-order valence-electron chi connectivity index (χ4n) is 6.02. The van der Waals surface area contributed by atoms with Gasteiger partial charge in [0.05, 0.1) is 0 Å². The van der Waals surface area contributed by atoms with Gasteiger partial charge in [-0.3, -0.25) is 9.59 Å². The zero-order chi connectivity index (χ0) is 25.4. The van der Waals surface area contributed by atoms with Crippen LogP contribution in [0, 0.1) is 19.8 Å². The van der Waals surface area contributed by atoms with Crippen LogP contribution in [0.25, 0.3) is 22.3 Å². The Morgan fingerprint density at radius 1 is 0.943 bits per heavy atom. The Hall–Kier alpha value is -3.44. The van der Waals surface area contributed by atoms with Gasteiger partial charge in [0.15, 0.2) is 11.4 Å². The van der Waals surface area contributed by atoms with Crippen molar-refractivity contribution in [2.24, 2.45) is 5.92 Å². The number of benzene rings is 3. The number of aryl methyl sites for hydroxylation is 2. The number of carbonyl (C=O) groups is 2. The molecule has 5 heteroatoms. The van der Waals surface area contributed by atoms with Crippen LogP contribution in [0.2, 0.25) is 0 Å². The standard InChI is InChI=1S/C30H30O5/c1-14(2)19-10-18-11-22-23(12-20(18)27-21(19)6-15(3)8-25(27)32)29(34)30(35,13-17(5)31)24-7-16(4)9-26(33)28(22)24/h6-9,11-12,14,19,32-33,35H,10,13H2,1-5H3/t19-,30-/m0/s1. The lowest BCUT2D eigenvalue weighted by Gasteiger charge is -2.37. The van der Waals surface area contributed by atoms with Gasteiger partial charge in [0.2, 0.25) is 0 Å². The molecule has 0 amide bonds. The van der Waals surface area contributed by atoms with E-state index in [1.54, 1.807) is 31.2 Å². The van der Waals surface area contributed by atoms with E-state index in [9.17, 15) is 24.9 Å². The van der Waals surface area contributed by atoms with Crippen LogP contribution in [0.15, 0.2) is 36.4 Å². The number of ketones is 2. The number of aliphatic hydroxyl groups is 1. The first-order chi connectivity index (χ1) is 16.4. The Morgan fingerprint density at radius 3 is 2.20 bits per heavy atom. The molecule has 0 aliphatic heterocycles. The van der Waals surface area contributed by atoms with Crippen LogP contribution in [-0.4, -0.2) is 26.9 Å². The Balaban J connectivity index is 1.85. The van der Waals surface area contributed by atoms with Crippen molar-refractivity contribution in [3.8, 4) is 33.8 Å². The van der Waals surface area contributed by atoms with Crippen LogP contribution in [0.4, 0.5) is 0 Å². The Morgan fingerprint density at radius 2 is 1.57 bits per heavy atom. The third-order valence-electron chi connectivity index (χ3n) is 7.55. The molecule has 180 valence electrons. The first-order valence-electron chi connectivity index (χ1n) is 12.0. The van der Waals surface area contributed by atoms with Gasteiger partial charge in [-0.2, -0.15) is 0 Å². The van der Waals surface area contributed by atoms with Crippen molar-refractivity contribution in [3.05, 3.63) is 69.8 Å². The summed E-state index contributed by atoms with van der Waals surface area (Å²) in [5.41, 5.74) is 4.51. The second-order valence-electron chi connectivity index (χ2n) is 10.6. The number of carbonyl (C=O) groups excluding carboxylic acids is 2. The highest BCUT2D eigenvalue weighted by Gasteiger charge is 2.47. The summed E-state index contributed by atoms with van der Waals surface area (Å²) in [5, 5.41) is 33.6. The average molecular weight is 471 g/mol. The zero-order valence-electron chi connectivity index (χ0n) is 20.7. The summed E-state index contributed by atoms with van der Waals surface area (Å²) in [6.07, 6.45) is 0.346. The molecule has 0 aromatic heterocycles. The lowest BCUT2D eigenvalue weighted by molar-refractivity contribution is -0.120. The number of phenolic OH excluding ortho intramolecular Hbond substituents is 2. The molecule has 0 unspecified atom stereocenters. The molecule has 0 bridgehead atoms. The van der Waals surface area contributed by atoms with Crippen molar-refractivity contribution < 1.29 is 24.9 Å². The molecule has 0 heterocycles. The van der Waals surface area contributed by atoms with Gasteiger partial charge in [0.1, 0.15) is 17.3 Å². The Labute approximate surface area is 205 Å². The first-order valence-corrected chi connectivity index (χ1v) is 12.0. The van der Waals surface area contributed by atoms with E-state index in [4.69, 9.17) is 0 Å². The van der Waals surface area contributed by atoms with Gasteiger partial charge in [-0.1, -0.05) is 26.0 Å². The van der Waals surface area contributed by atoms with E-state index in [2.05, 4.69) is 19.9 Å². The number of rotatable bonds is 3. The maximum Gasteiger partial charge on any atom is 0.200 e. The average Bonchev–Trinajstić information content (AvgIpc) is 2.74. The van der Waals surface area contributed by atoms with Gasteiger partial charge in [-0.05, 0) is 96.7 Å². The topological polar surface area (TPSA) is 94.8 Å². The third kappa shape index (κ3) is 3.41. The summed E-state index contributed by atoms with van der Waals surface area (Å²) in [6, 6.07) is 10.8. The van der Waals surface area contributed by atoms with Gasteiger partial charge < -0.3 is 15.3 Å². The number of phenols is 2. The molecule has 2 aliphatic rings. The van der Waals surface area contributed by atoms with Gasteiger partial charge in [0, 0.05) is 28.7 Å². The smallest absolute Gasteiger partial charge is 0.200 e. The van der Waals surface area contributed by atoms with E-state index >= 15 is 0 Å². The molecule has 0 spiro atoms. The van der Waals surface area contributed by atoms with E-state index in [1.807, 2.05) is 13.0 Å². The number of Topliss-reactive ketones (excluding diaryl/α,β-unsaturated/α-hetero) is 2. The zero-order valence-corrected chi connectivity index (χ0v) is 20.7. The molecule has 35 heavy (non-hydrogen) atoms. The summed E-state index contributed by atoms with van der Waals surface area (Å²) in [5.74, 6) is -0.265. The number of hydrogen-bond acceptors (Lipinski definition) is 5. The van der Waals surface area contributed by atoms with Crippen LogP contribution >= 0.6 is 0 Å². The van der Waals surface area contributed by atoms with E-state index < -0.39 is 11.4 Å². The van der Waals surface area contributed by atoms with Gasteiger partial charge >= 0.3 is 0 Å². The molecule has 2 atom stereocenters. The molecule has 5 rings (SSSR count). The van der Waals surface area contributed by atoms with E-state index in [-0.39, 0.29) is 40.7 Å². The fraction of sp³-hybridized carbons (Fsp3) is 0.333. The van der Waals surface area contributed by atoms with Crippen LogP contribution in [0.5, 0.6) is 11.5 Å². The summed E-state index contributed by atoms with van der Waals surface area (Å²) < 4.78 is 0. The second kappa shape index (κ2) is 7.79. The van der Waals surface area contributed by atoms with E-state index in [0.717, 1.165) is 28.7 Å². The maximum absolute atomic E-state index is 13.8. The van der Waals surface area contributed by atoms with Gasteiger partial charge in [0.25, 0.3) is 0 Å². The van der Waals surface area contributed by atoms with Crippen LogP contribution in [0.3, 0.4) is 0 Å². The van der Waals surface area contributed by atoms with Crippen molar-refractivity contribution in [1.29, 1.82) is 0 Å².